The molecule has 0 saturated carbocycles. The molecule has 1 N–H and O–H groups in total. The summed E-state index contributed by atoms with van der Waals surface area (Å²) in [6.07, 6.45) is 4.54. The molecule has 0 radical (unpaired) electrons. The Morgan fingerprint density at radius 2 is 1.90 bits per heavy atom. The Morgan fingerprint density at radius 1 is 1.17 bits per heavy atom. The molecule has 3 aromatic rings. The van der Waals surface area contributed by atoms with Crippen LogP contribution in [-0.4, -0.2) is 31.5 Å². The minimum atomic E-state index is -0.769. The number of carbonyl (C=O) groups is 1. The number of hydrogen-bond donors (Lipinski definition) is 1. The number of rotatable bonds is 7. The molecule has 0 saturated heterocycles. The second-order valence-electron chi connectivity index (χ2n) is 5.88. The van der Waals surface area contributed by atoms with Gasteiger partial charge in [0, 0.05) is 37.1 Å². The monoisotopic (exact) mass is 426 g/mol. The summed E-state index contributed by atoms with van der Waals surface area (Å²) in [4.78, 5) is 37.9. The summed E-state index contributed by atoms with van der Waals surface area (Å²) in [6, 6.07) is 9.92. The van der Waals surface area contributed by atoms with E-state index in [9.17, 15) is 25.0 Å². The van der Waals surface area contributed by atoms with Crippen molar-refractivity contribution in [3.63, 3.8) is 0 Å². The number of para-hydroxylation sites is 1. The van der Waals surface area contributed by atoms with E-state index in [0.717, 1.165) is 11.8 Å². The molecule has 1 aromatic heterocycles. The van der Waals surface area contributed by atoms with Crippen LogP contribution in [0.2, 0.25) is 0 Å². The first-order valence-electron chi connectivity index (χ1n) is 8.37. The van der Waals surface area contributed by atoms with Crippen molar-refractivity contribution in [2.75, 3.05) is 0 Å². The van der Waals surface area contributed by atoms with Crippen LogP contribution in [0, 0.1) is 20.2 Å². The molecule has 0 aliphatic carbocycles. The summed E-state index contributed by atoms with van der Waals surface area (Å²) in [5.41, 5.74) is 1.92. The molecule has 0 aliphatic rings. The predicted octanol–water partition coefficient (Wildman–Crippen LogP) is 3.15. The van der Waals surface area contributed by atoms with Crippen molar-refractivity contribution in [2.24, 2.45) is 12.1 Å². The van der Waals surface area contributed by atoms with Crippen LogP contribution in [-0.2, 0) is 7.05 Å². The van der Waals surface area contributed by atoms with Crippen LogP contribution in [0.4, 0.5) is 11.4 Å². The number of amides is 1. The molecule has 1 heterocycles. The van der Waals surface area contributed by atoms with Crippen LogP contribution in [0.15, 0.2) is 70.0 Å². The lowest BCUT2D eigenvalue weighted by atomic mass is 10.2. The Morgan fingerprint density at radius 3 is 2.57 bits per heavy atom. The van der Waals surface area contributed by atoms with Crippen LogP contribution in [0.5, 0.6) is 0 Å². The van der Waals surface area contributed by atoms with Crippen LogP contribution < -0.4 is 5.43 Å². The molecular weight excluding hydrogens is 412 g/mol. The Bertz CT molecular complexity index is 1160. The molecule has 0 fully saturated rings. The van der Waals surface area contributed by atoms with Gasteiger partial charge in [-0.1, -0.05) is 18.2 Å². The van der Waals surface area contributed by atoms with Crippen molar-refractivity contribution in [2.45, 2.75) is 10.1 Å². The number of aromatic nitrogens is 2. The van der Waals surface area contributed by atoms with E-state index in [1.807, 2.05) is 0 Å². The topological polar surface area (TPSA) is 146 Å². The number of hydrogen-bond acceptors (Lipinski definition) is 8. The van der Waals surface area contributed by atoms with Crippen LogP contribution in [0.25, 0.3) is 0 Å². The minimum Gasteiger partial charge on any atom is -0.329 e. The lowest BCUT2D eigenvalue weighted by molar-refractivity contribution is -0.387. The smallest absolute Gasteiger partial charge is 0.283 e. The van der Waals surface area contributed by atoms with Gasteiger partial charge < -0.3 is 4.57 Å². The van der Waals surface area contributed by atoms with Gasteiger partial charge in [-0.2, -0.15) is 5.10 Å². The van der Waals surface area contributed by atoms with Crippen molar-refractivity contribution in [1.29, 1.82) is 0 Å². The number of nitrogens with one attached hydrogen (secondary N) is 1. The van der Waals surface area contributed by atoms with Gasteiger partial charge in [-0.25, -0.2) is 10.4 Å². The third-order valence-corrected chi connectivity index (χ3v) is 5.02. The molecule has 0 unspecified atom stereocenters. The zero-order valence-electron chi connectivity index (χ0n) is 15.5. The molecule has 0 aliphatic heterocycles. The maximum Gasteiger partial charge on any atom is 0.283 e. The predicted molar refractivity (Wildman–Crippen MR) is 109 cm³/mol. The van der Waals surface area contributed by atoms with Gasteiger partial charge in [-0.05, 0) is 23.9 Å². The first-order chi connectivity index (χ1) is 14.4. The number of imidazole rings is 1. The highest BCUT2D eigenvalue weighted by Crippen LogP contribution is 2.34. The molecule has 11 nitrogen and oxygen atoms in total. The molecule has 30 heavy (non-hydrogen) atoms. The first-order valence-corrected chi connectivity index (χ1v) is 9.19. The highest BCUT2D eigenvalue weighted by Gasteiger charge is 2.19. The summed E-state index contributed by atoms with van der Waals surface area (Å²) in [7, 11) is 1.78. The van der Waals surface area contributed by atoms with Crippen molar-refractivity contribution < 1.29 is 14.6 Å². The van der Waals surface area contributed by atoms with E-state index in [4.69, 9.17) is 0 Å². The molecule has 0 spiro atoms. The van der Waals surface area contributed by atoms with E-state index in [1.165, 1.54) is 36.5 Å². The second-order valence-corrected chi connectivity index (χ2v) is 6.89. The summed E-state index contributed by atoms with van der Waals surface area (Å²) >= 11 is 1.15. The fourth-order valence-electron chi connectivity index (χ4n) is 2.44. The highest BCUT2D eigenvalue weighted by atomic mass is 32.2. The van der Waals surface area contributed by atoms with E-state index < -0.39 is 15.8 Å². The van der Waals surface area contributed by atoms with Crippen molar-refractivity contribution in [3.8, 4) is 0 Å². The van der Waals surface area contributed by atoms with Crippen molar-refractivity contribution >= 4 is 35.3 Å². The Hall–Kier alpha value is -4.06. The van der Waals surface area contributed by atoms with Gasteiger partial charge in [0.15, 0.2) is 5.16 Å². The van der Waals surface area contributed by atoms with Crippen LogP contribution >= 0.6 is 11.8 Å². The van der Waals surface area contributed by atoms with Crippen molar-refractivity contribution in [3.05, 3.63) is 86.2 Å². The second kappa shape index (κ2) is 8.96. The Kier molecular flexibility index (Phi) is 6.17. The lowest BCUT2D eigenvalue weighted by Crippen LogP contribution is -2.18. The standard InChI is InChI=1S/C18H14N6O5S/c1-22-9-8-19-18(22)30-16-7-6-12(10-15(16)24(28)29)11-20-21-17(25)13-4-2-3-5-14(13)23(26)27/h2-11H,1H3,(H,21,25). The average molecular weight is 426 g/mol. The summed E-state index contributed by atoms with van der Waals surface area (Å²) in [5, 5.41) is 26.8. The number of benzene rings is 2. The van der Waals surface area contributed by atoms with E-state index in [2.05, 4.69) is 15.5 Å². The summed E-state index contributed by atoms with van der Waals surface area (Å²) in [5.74, 6) is -0.769. The molecule has 1 amide bonds. The Labute approximate surface area is 173 Å². The normalized spacial score (nSPS) is 10.8. The maximum absolute atomic E-state index is 12.1. The molecule has 152 valence electrons. The number of aryl methyl sites for hydroxylation is 1. The zero-order valence-corrected chi connectivity index (χ0v) is 16.3. The minimum absolute atomic E-state index is 0.142. The molecule has 0 bridgehead atoms. The fraction of sp³-hybridized carbons (Fsp3) is 0.0556. The fourth-order valence-corrected chi connectivity index (χ4v) is 3.33. The molecule has 2 aromatic carbocycles. The third kappa shape index (κ3) is 4.67. The van der Waals surface area contributed by atoms with Crippen molar-refractivity contribution in [1.82, 2.24) is 15.0 Å². The zero-order chi connectivity index (χ0) is 21.7. The number of nitro groups is 2. The average Bonchev–Trinajstić information content (AvgIpc) is 3.13. The molecule has 3 rings (SSSR count). The number of nitro benzene ring substituents is 2. The van der Waals surface area contributed by atoms with Gasteiger partial charge in [-0.3, -0.25) is 25.0 Å². The molecular formula is C18H14N6O5S. The third-order valence-electron chi connectivity index (χ3n) is 3.88. The van der Waals surface area contributed by atoms with Gasteiger partial charge in [0.2, 0.25) is 0 Å². The largest absolute Gasteiger partial charge is 0.329 e. The van der Waals surface area contributed by atoms with E-state index in [-0.39, 0.29) is 16.9 Å². The van der Waals surface area contributed by atoms with Crippen LogP contribution in [0.3, 0.4) is 0 Å². The number of hydrazone groups is 1. The van der Waals surface area contributed by atoms with Crippen LogP contribution in [0.1, 0.15) is 15.9 Å². The summed E-state index contributed by atoms with van der Waals surface area (Å²) in [6.45, 7) is 0. The summed E-state index contributed by atoms with van der Waals surface area (Å²) < 4.78 is 1.74. The van der Waals surface area contributed by atoms with E-state index in [0.29, 0.717) is 15.6 Å². The number of nitrogens with zero attached hydrogens (tertiary/aromatic N) is 5. The van der Waals surface area contributed by atoms with Gasteiger partial charge in [0.25, 0.3) is 17.3 Å². The Balaban J connectivity index is 1.77. The SMILES string of the molecule is Cn1ccnc1Sc1ccc(C=NNC(=O)c2ccccc2[N+](=O)[O-])cc1[N+](=O)[O-]. The molecule has 0 atom stereocenters. The van der Waals surface area contributed by atoms with E-state index in [1.54, 1.807) is 36.1 Å². The van der Waals surface area contributed by atoms with Gasteiger partial charge in [-0.15, -0.1) is 0 Å². The van der Waals surface area contributed by atoms with E-state index >= 15 is 0 Å². The first kappa shape index (κ1) is 20.7. The van der Waals surface area contributed by atoms with Gasteiger partial charge >= 0.3 is 0 Å². The molecule has 12 heteroatoms. The van der Waals surface area contributed by atoms with Gasteiger partial charge in [0.05, 0.1) is 21.0 Å². The maximum atomic E-state index is 12.1. The quantitative estimate of drug-likeness (QED) is 0.347. The van der Waals surface area contributed by atoms with Gasteiger partial charge in [0.1, 0.15) is 5.56 Å². The highest BCUT2D eigenvalue weighted by molar-refractivity contribution is 7.99. The number of carbonyl (C=O) groups excluding carboxylic acids is 1. The lowest BCUT2D eigenvalue weighted by Gasteiger charge is -2.04.